The highest BCUT2D eigenvalue weighted by molar-refractivity contribution is 5.83. The Kier molecular flexibility index (Phi) is 4.70. The van der Waals surface area contributed by atoms with Gasteiger partial charge in [0.25, 0.3) is 0 Å². The third-order valence-corrected chi connectivity index (χ3v) is 1.82. The van der Waals surface area contributed by atoms with Crippen LogP contribution in [-0.2, 0) is 14.3 Å². The Morgan fingerprint density at radius 2 is 2.19 bits per heavy atom. The number of rotatable bonds is 5. The number of hydrogen-bond acceptors (Lipinski definition) is 6. The summed E-state index contributed by atoms with van der Waals surface area (Å²) in [6.45, 7) is 0.805. The molecule has 1 aliphatic heterocycles. The molecule has 0 bridgehead atoms. The number of methoxy groups -OCH3 is 2. The zero-order valence-electron chi connectivity index (χ0n) is 9.10. The van der Waals surface area contributed by atoms with Crippen molar-refractivity contribution in [3.8, 4) is 0 Å². The van der Waals surface area contributed by atoms with Gasteiger partial charge in [-0.25, -0.2) is 19.6 Å². The van der Waals surface area contributed by atoms with Gasteiger partial charge in [-0.1, -0.05) is 0 Å². The van der Waals surface area contributed by atoms with Crippen molar-refractivity contribution in [2.75, 3.05) is 27.4 Å². The Morgan fingerprint density at radius 1 is 1.44 bits per heavy atom. The number of esters is 1. The molecular formula is C8H14N4O4. The maximum Gasteiger partial charge on any atom is 0.355 e. The zero-order chi connectivity index (χ0) is 12.0. The minimum atomic E-state index is -0.537. The lowest BCUT2D eigenvalue weighted by Crippen LogP contribution is -2.39. The van der Waals surface area contributed by atoms with Gasteiger partial charge in [-0.05, 0) is 0 Å². The van der Waals surface area contributed by atoms with Crippen LogP contribution in [0.15, 0.2) is 12.3 Å². The molecule has 1 fully saturated rings. The number of hydrogen-bond donors (Lipinski definition) is 2. The van der Waals surface area contributed by atoms with Gasteiger partial charge < -0.3 is 9.47 Å². The van der Waals surface area contributed by atoms with Gasteiger partial charge in [0.2, 0.25) is 0 Å². The Balaban J connectivity index is 2.44. The van der Waals surface area contributed by atoms with E-state index in [4.69, 9.17) is 4.74 Å². The third kappa shape index (κ3) is 3.19. The van der Waals surface area contributed by atoms with Crippen LogP contribution in [0.3, 0.4) is 0 Å². The van der Waals surface area contributed by atoms with Gasteiger partial charge in [0, 0.05) is 19.4 Å². The molecule has 16 heavy (non-hydrogen) atoms. The molecule has 1 heterocycles. The van der Waals surface area contributed by atoms with E-state index in [1.807, 2.05) is 0 Å². The minimum Gasteiger partial charge on any atom is -0.466 e. The Bertz CT molecular complexity index is 294. The zero-order valence-corrected chi connectivity index (χ0v) is 9.10. The van der Waals surface area contributed by atoms with Crippen molar-refractivity contribution in [3.05, 3.63) is 12.3 Å². The lowest BCUT2D eigenvalue weighted by atomic mass is 10.6. The van der Waals surface area contributed by atoms with Crippen LogP contribution in [0.5, 0.6) is 0 Å². The molecule has 0 aromatic rings. The predicted molar refractivity (Wildman–Crippen MR) is 53.2 cm³/mol. The number of hydrazine groups is 3. The first-order valence-corrected chi connectivity index (χ1v) is 4.56. The van der Waals surface area contributed by atoms with Crippen molar-refractivity contribution in [1.82, 2.24) is 21.1 Å². The molecule has 8 nitrogen and oxygen atoms in total. The molecular weight excluding hydrogens is 216 g/mol. The van der Waals surface area contributed by atoms with Gasteiger partial charge in [-0.15, -0.1) is 11.1 Å². The number of carbonyl (C=O) groups is 2. The van der Waals surface area contributed by atoms with Gasteiger partial charge in [-0.3, -0.25) is 0 Å². The first-order chi connectivity index (χ1) is 7.69. The van der Waals surface area contributed by atoms with Gasteiger partial charge in [-0.2, -0.15) is 0 Å². The molecule has 0 spiro atoms. The molecule has 2 N–H and O–H groups in total. The number of amides is 2. The largest absolute Gasteiger partial charge is 0.466 e. The highest BCUT2D eigenvalue weighted by Gasteiger charge is 2.26. The summed E-state index contributed by atoms with van der Waals surface area (Å²) >= 11 is 0. The van der Waals surface area contributed by atoms with Gasteiger partial charge in [0.15, 0.2) is 0 Å². The first kappa shape index (κ1) is 12.4. The average molecular weight is 230 g/mol. The van der Waals surface area contributed by atoms with Crippen molar-refractivity contribution >= 4 is 12.0 Å². The molecule has 0 unspecified atom stereocenters. The maximum atomic E-state index is 11.6. The van der Waals surface area contributed by atoms with Crippen LogP contribution in [0.4, 0.5) is 4.79 Å². The smallest absolute Gasteiger partial charge is 0.355 e. The molecule has 1 saturated heterocycles. The number of nitrogens with zero attached hydrogens (tertiary/aromatic N) is 2. The van der Waals surface area contributed by atoms with E-state index in [1.54, 1.807) is 7.11 Å². The van der Waals surface area contributed by atoms with E-state index in [1.165, 1.54) is 18.3 Å². The Labute approximate surface area is 92.7 Å². The van der Waals surface area contributed by atoms with Crippen molar-refractivity contribution in [2.45, 2.75) is 0 Å². The Morgan fingerprint density at radius 3 is 2.81 bits per heavy atom. The second-order valence-electron chi connectivity index (χ2n) is 2.86. The summed E-state index contributed by atoms with van der Waals surface area (Å²) in [6.07, 6.45) is 2.40. The maximum absolute atomic E-state index is 11.6. The monoisotopic (exact) mass is 230 g/mol. The van der Waals surface area contributed by atoms with Crippen LogP contribution in [-0.4, -0.2) is 49.4 Å². The summed E-state index contributed by atoms with van der Waals surface area (Å²) < 4.78 is 9.22. The average Bonchev–Trinajstić information content (AvgIpc) is 2.64. The standard InChI is InChI=1S/C8H14N4O4/c1-15-6-5-12-8(14)11(9-10-12)4-3-7(13)16-2/h3-4,9-10H,5-6H2,1-2H3/b4-3+. The van der Waals surface area contributed by atoms with E-state index in [9.17, 15) is 9.59 Å². The van der Waals surface area contributed by atoms with E-state index in [-0.39, 0.29) is 6.03 Å². The molecule has 0 radical (unpaired) electrons. The summed E-state index contributed by atoms with van der Waals surface area (Å²) in [5.74, 6) is -0.537. The van der Waals surface area contributed by atoms with E-state index in [2.05, 4.69) is 15.8 Å². The summed E-state index contributed by atoms with van der Waals surface area (Å²) in [5, 5.41) is 2.43. The fourth-order valence-electron chi connectivity index (χ4n) is 0.978. The SMILES string of the molecule is COCCN1NNN(/C=C/C(=O)OC)C1=O. The quantitative estimate of drug-likeness (QED) is 0.464. The lowest BCUT2D eigenvalue weighted by molar-refractivity contribution is -0.134. The minimum absolute atomic E-state index is 0.336. The van der Waals surface area contributed by atoms with Crippen molar-refractivity contribution in [1.29, 1.82) is 0 Å². The van der Waals surface area contributed by atoms with Crippen molar-refractivity contribution in [2.24, 2.45) is 0 Å². The number of urea groups is 1. The molecule has 2 amide bonds. The van der Waals surface area contributed by atoms with Crippen LogP contribution < -0.4 is 11.1 Å². The molecule has 0 aromatic heterocycles. The van der Waals surface area contributed by atoms with E-state index in [0.29, 0.717) is 13.2 Å². The van der Waals surface area contributed by atoms with Crippen LogP contribution in [0.2, 0.25) is 0 Å². The fraction of sp³-hybridized carbons (Fsp3) is 0.500. The number of nitrogens with one attached hydrogen (secondary N) is 2. The van der Waals surface area contributed by atoms with Crippen LogP contribution >= 0.6 is 0 Å². The molecule has 8 heteroatoms. The lowest BCUT2D eigenvalue weighted by Gasteiger charge is -2.12. The van der Waals surface area contributed by atoms with Crippen LogP contribution in [0, 0.1) is 0 Å². The summed E-state index contributed by atoms with van der Waals surface area (Å²) in [6, 6.07) is -0.336. The topological polar surface area (TPSA) is 83.1 Å². The van der Waals surface area contributed by atoms with E-state index < -0.39 is 5.97 Å². The van der Waals surface area contributed by atoms with E-state index >= 15 is 0 Å². The van der Waals surface area contributed by atoms with Crippen molar-refractivity contribution < 1.29 is 19.1 Å². The fourth-order valence-corrected chi connectivity index (χ4v) is 0.978. The molecule has 0 aliphatic carbocycles. The molecule has 0 saturated carbocycles. The second kappa shape index (κ2) is 6.05. The normalized spacial score (nSPS) is 16.2. The highest BCUT2D eigenvalue weighted by Crippen LogP contribution is 2.00. The van der Waals surface area contributed by atoms with Gasteiger partial charge in [0.1, 0.15) is 0 Å². The predicted octanol–water partition coefficient (Wildman–Crippen LogP) is -1.02. The molecule has 0 atom stereocenters. The third-order valence-electron chi connectivity index (χ3n) is 1.82. The molecule has 1 aliphatic rings. The molecule has 0 aromatic carbocycles. The molecule has 90 valence electrons. The number of carbonyl (C=O) groups excluding carboxylic acids is 2. The second-order valence-corrected chi connectivity index (χ2v) is 2.86. The highest BCUT2D eigenvalue weighted by atomic mass is 16.5. The summed E-state index contributed by atoms with van der Waals surface area (Å²) in [7, 11) is 2.80. The first-order valence-electron chi connectivity index (χ1n) is 4.56. The van der Waals surface area contributed by atoms with Crippen LogP contribution in [0.1, 0.15) is 0 Å². The van der Waals surface area contributed by atoms with Gasteiger partial charge >= 0.3 is 12.0 Å². The van der Waals surface area contributed by atoms with Gasteiger partial charge in [0.05, 0.1) is 20.3 Å². The number of ether oxygens (including phenoxy) is 2. The van der Waals surface area contributed by atoms with Crippen LogP contribution in [0.25, 0.3) is 0 Å². The van der Waals surface area contributed by atoms with E-state index in [0.717, 1.165) is 11.1 Å². The summed E-state index contributed by atoms with van der Waals surface area (Å²) in [5.41, 5.74) is 5.16. The Hall–Kier alpha value is -1.64. The van der Waals surface area contributed by atoms with Crippen molar-refractivity contribution in [3.63, 3.8) is 0 Å². The summed E-state index contributed by atoms with van der Waals surface area (Å²) in [4.78, 5) is 22.4. The molecule has 1 rings (SSSR count).